The quantitative estimate of drug-likeness (QED) is 0.643. The minimum Gasteiger partial charge on any atom is -0.477 e. The van der Waals surface area contributed by atoms with Gasteiger partial charge in [-0.15, -0.1) is 0 Å². The number of para-hydroxylation sites is 2. The summed E-state index contributed by atoms with van der Waals surface area (Å²) in [5.74, 6) is 0.891. The van der Waals surface area contributed by atoms with Gasteiger partial charge < -0.3 is 9.47 Å². The number of rotatable bonds is 3. The number of fused-ring (bicyclic) bond motifs is 1. The van der Waals surface area contributed by atoms with Crippen LogP contribution in [0.5, 0.6) is 11.5 Å². The predicted octanol–water partition coefficient (Wildman–Crippen LogP) is 3.06. The Morgan fingerprint density at radius 3 is 2.18 bits per heavy atom. The molecule has 0 saturated carbocycles. The van der Waals surface area contributed by atoms with Gasteiger partial charge in [-0.25, -0.2) is 0 Å². The molecule has 0 bridgehead atoms. The van der Waals surface area contributed by atoms with Gasteiger partial charge in [0.2, 0.25) is 0 Å². The normalized spacial score (nSPS) is 19.5. The van der Waals surface area contributed by atoms with Gasteiger partial charge in [-0.05, 0) is 36.8 Å². The molecule has 0 aromatic heterocycles. The zero-order valence-corrected chi connectivity index (χ0v) is 11.8. The summed E-state index contributed by atoms with van der Waals surface area (Å²) in [6.45, 7) is 1.43. The number of nitro groups is 1. The lowest BCUT2D eigenvalue weighted by Crippen LogP contribution is -2.38. The van der Waals surface area contributed by atoms with Gasteiger partial charge in [-0.3, -0.25) is 14.9 Å². The molecule has 0 fully saturated rings. The molecule has 2 aromatic rings. The van der Waals surface area contributed by atoms with Crippen molar-refractivity contribution < 1.29 is 19.2 Å². The van der Waals surface area contributed by atoms with E-state index in [4.69, 9.17) is 9.47 Å². The highest BCUT2D eigenvalue weighted by molar-refractivity contribution is 5.82. The fourth-order valence-electron chi connectivity index (χ4n) is 2.37. The number of carbonyl (C=O) groups excluding carboxylic acids is 1. The third-order valence-corrected chi connectivity index (χ3v) is 3.47. The van der Waals surface area contributed by atoms with Gasteiger partial charge in [0.25, 0.3) is 5.69 Å². The van der Waals surface area contributed by atoms with Crippen molar-refractivity contribution in [3.63, 3.8) is 0 Å². The summed E-state index contributed by atoms with van der Waals surface area (Å²) in [5, 5.41) is 10.7. The molecule has 3 rings (SSSR count). The number of nitro benzene ring substituents is 1. The van der Waals surface area contributed by atoms with Crippen LogP contribution in [0.1, 0.15) is 18.6 Å². The molecule has 0 radical (unpaired) electrons. The fraction of sp³-hybridized carbons (Fsp3) is 0.188. The lowest BCUT2D eigenvalue weighted by molar-refractivity contribution is -0.384. The van der Waals surface area contributed by atoms with Crippen LogP contribution in [0.15, 0.2) is 48.5 Å². The Bertz CT molecular complexity index is 726. The van der Waals surface area contributed by atoms with Crippen molar-refractivity contribution in [1.29, 1.82) is 0 Å². The number of hydrogen-bond acceptors (Lipinski definition) is 5. The molecular weight excluding hydrogens is 286 g/mol. The average Bonchev–Trinajstić information content (AvgIpc) is 2.53. The number of carbonyl (C=O) groups is 1. The Balaban J connectivity index is 1.97. The van der Waals surface area contributed by atoms with Gasteiger partial charge in [0, 0.05) is 12.1 Å². The Kier molecular flexibility index (Phi) is 3.50. The van der Waals surface area contributed by atoms with Crippen LogP contribution < -0.4 is 9.47 Å². The molecule has 2 unspecified atom stereocenters. The molecule has 2 aromatic carbocycles. The van der Waals surface area contributed by atoms with Crippen LogP contribution in [-0.2, 0) is 4.79 Å². The van der Waals surface area contributed by atoms with E-state index < -0.39 is 17.1 Å². The molecule has 0 aliphatic carbocycles. The minimum absolute atomic E-state index is 0.0137. The average molecular weight is 299 g/mol. The summed E-state index contributed by atoms with van der Waals surface area (Å²) >= 11 is 0. The number of nitrogens with zero attached hydrogens (tertiary/aromatic N) is 1. The Morgan fingerprint density at radius 1 is 1.05 bits per heavy atom. The maximum atomic E-state index is 11.9. The van der Waals surface area contributed by atoms with Crippen LogP contribution in [0.3, 0.4) is 0 Å². The first-order valence-corrected chi connectivity index (χ1v) is 6.73. The first-order chi connectivity index (χ1) is 10.6. The first kappa shape index (κ1) is 14.1. The Hall–Kier alpha value is -2.89. The molecule has 2 atom stereocenters. The van der Waals surface area contributed by atoms with Crippen molar-refractivity contribution in [3.8, 4) is 11.5 Å². The zero-order valence-electron chi connectivity index (χ0n) is 11.8. The van der Waals surface area contributed by atoms with Gasteiger partial charge in [-0.2, -0.15) is 0 Å². The van der Waals surface area contributed by atoms with E-state index in [-0.39, 0.29) is 11.5 Å². The van der Waals surface area contributed by atoms with Crippen LogP contribution in [0, 0.1) is 10.1 Å². The number of hydrogen-bond donors (Lipinski definition) is 0. The standard InChI is InChI=1S/C16H13NO5/c1-10(18)15-16(11-6-8-12(9-7-11)17(19)20)22-14-5-3-2-4-13(14)21-15/h2-9,15-16H,1H3. The Labute approximate surface area is 126 Å². The van der Waals surface area contributed by atoms with E-state index in [2.05, 4.69) is 0 Å². The third kappa shape index (κ3) is 2.50. The summed E-state index contributed by atoms with van der Waals surface area (Å²) in [4.78, 5) is 22.1. The van der Waals surface area contributed by atoms with E-state index in [0.29, 0.717) is 17.1 Å². The van der Waals surface area contributed by atoms with Crippen molar-refractivity contribution in [2.75, 3.05) is 0 Å². The van der Waals surface area contributed by atoms with Gasteiger partial charge in [-0.1, -0.05) is 12.1 Å². The van der Waals surface area contributed by atoms with Gasteiger partial charge in [0.1, 0.15) is 0 Å². The van der Waals surface area contributed by atoms with Crippen molar-refractivity contribution in [2.45, 2.75) is 19.1 Å². The van der Waals surface area contributed by atoms with Crippen LogP contribution in [0.2, 0.25) is 0 Å². The fourth-order valence-corrected chi connectivity index (χ4v) is 2.37. The number of Topliss-reactive ketones (excluding diaryl/α,β-unsaturated/α-hetero) is 1. The van der Waals surface area contributed by atoms with Crippen LogP contribution in [0.4, 0.5) is 5.69 Å². The van der Waals surface area contributed by atoms with E-state index >= 15 is 0 Å². The predicted molar refractivity (Wildman–Crippen MR) is 78.0 cm³/mol. The van der Waals surface area contributed by atoms with Gasteiger partial charge in [0.15, 0.2) is 29.5 Å². The van der Waals surface area contributed by atoms with Crippen molar-refractivity contribution in [2.24, 2.45) is 0 Å². The van der Waals surface area contributed by atoms with Crippen molar-refractivity contribution in [3.05, 3.63) is 64.2 Å². The molecule has 0 saturated heterocycles. The molecule has 1 heterocycles. The monoisotopic (exact) mass is 299 g/mol. The van der Waals surface area contributed by atoms with Crippen molar-refractivity contribution in [1.82, 2.24) is 0 Å². The minimum atomic E-state index is -0.781. The van der Waals surface area contributed by atoms with E-state index in [1.54, 1.807) is 30.3 Å². The molecule has 6 nitrogen and oxygen atoms in total. The maximum absolute atomic E-state index is 11.9. The lowest BCUT2D eigenvalue weighted by atomic mass is 10.00. The van der Waals surface area contributed by atoms with E-state index in [0.717, 1.165) is 0 Å². The van der Waals surface area contributed by atoms with Gasteiger partial charge in [0.05, 0.1) is 4.92 Å². The van der Waals surface area contributed by atoms with Gasteiger partial charge >= 0.3 is 0 Å². The smallest absolute Gasteiger partial charge is 0.269 e. The highest BCUT2D eigenvalue weighted by Gasteiger charge is 2.36. The van der Waals surface area contributed by atoms with Crippen LogP contribution >= 0.6 is 0 Å². The number of non-ortho nitro benzene ring substituents is 1. The van der Waals surface area contributed by atoms with Crippen LogP contribution in [-0.4, -0.2) is 16.8 Å². The molecule has 112 valence electrons. The SMILES string of the molecule is CC(=O)C1Oc2ccccc2OC1c1ccc([N+](=O)[O-])cc1. The first-order valence-electron chi connectivity index (χ1n) is 6.73. The second-order valence-electron chi connectivity index (χ2n) is 4.98. The van der Waals surface area contributed by atoms with E-state index in [1.165, 1.54) is 19.1 Å². The molecular formula is C16H13NO5. The molecule has 1 aliphatic rings. The highest BCUT2D eigenvalue weighted by Crippen LogP contribution is 2.39. The van der Waals surface area contributed by atoms with Crippen molar-refractivity contribution >= 4 is 11.5 Å². The second-order valence-corrected chi connectivity index (χ2v) is 4.98. The summed E-state index contributed by atoms with van der Waals surface area (Å²) in [6, 6.07) is 13.0. The zero-order chi connectivity index (χ0) is 15.7. The number of ether oxygens (including phenoxy) is 2. The summed E-state index contributed by atoms with van der Waals surface area (Å²) < 4.78 is 11.6. The molecule has 0 spiro atoms. The third-order valence-electron chi connectivity index (χ3n) is 3.47. The summed E-state index contributed by atoms with van der Waals surface area (Å²) in [7, 11) is 0. The summed E-state index contributed by atoms with van der Waals surface area (Å²) in [5.41, 5.74) is 0.639. The largest absolute Gasteiger partial charge is 0.477 e. The molecule has 1 aliphatic heterocycles. The Morgan fingerprint density at radius 2 is 1.64 bits per heavy atom. The second kappa shape index (κ2) is 5.48. The van der Waals surface area contributed by atoms with Crippen LogP contribution in [0.25, 0.3) is 0 Å². The summed E-state index contributed by atoms with van der Waals surface area (Å²) in [6.07, 6.45) is -1.41. The maximum Gasteiger partial charge on any atom is 0.269 e. The van der Waals surface area contributed by atoms with E-state index in [9.17, 15) is 14.9 Å². The lowest BCUT2D eigenvalue weighted by Gasteiger charge is -2.32. The highest BCUT2D eigenvalue weighted by atomic mass is 16.6. The number of benzene rings is 2. The van der Waals surface area contributed by atoms with E-state index in [1.807, 2.05) is 6.07 Å². The number of ketones is 1. The molecule has 22 heavy (non-hydrogen) atoms. The topological polar surface area (TPSA) is 78.7 Å². The molecule has 0 N–H and O–H groups in total. The molecule has 6 heteroatoms. The molecule has 0 amide bonds.